The Labute approximate surface area is 108 Å². The summed E-state index contributed by atoms with van der Waals surface area (Å²) in [5, 5.41) is 3.56. The van der Waals surface area contributed by atoms with Crippen molar-refractivity contribution in [2.45, 2.75) is 25.8 Å². The first-order valence-electron chi connectivity index (χ1n) is 6.03. The van der Waals surface area contributed by atoms with Gasteiger partial charge in [-0.15, -0.1) is 0 Å². The standard InChI is InChI=1S/C13H19N3S/c1-10-4-6-12(7-5-10)16-8-2-3-11(9-16)15-13(14)17/h4-7,11H,2-3,8-9H2,1H3,(H3,14,15,17). The zero-order chi connectivity index (χ0) is 12.3. The van der Waals surface area contributed by atoms with Crippen LogP contribution in [-0.4, -0.2) is 24.2 Å². The van der Waals surface area contributed by atoms with Crippen LogP contribution in [0.25, 0.3) is 0 Å². The molecule has 1 atom stereocenters. The predicted octanol–water partition coefficient (Wildman–Crippen LogP) is 1.80. The highest BCUT2D eigenvalue weighted by Crippen LogP contribution is 2.20. The summed E-state index contributed by atoms with van der Waals surface area (Å²) in [6, 6.07) is 9.04. The van der Waals surface area contributed by atoms with Crippen LogP contribution in [0, 0.1) is 6.92 Å². The van der Waals surface area contributed by atoms with Crippen LogP contribution in [-0.2, 0) is 0 Å². The van der Waals surface area contributed by atoms with Gasteiger partial charge < -0.3 is 16.0 Å². The highest BCUT2D eigenvalue weighted by molar-refractivity contribution is 7.80. The van der Waals surface area contributed by atoms with Gasteiger partial charge in [-0.2, -0.15) is 0 Å². The fourth-order valence-corrected chi connectivity index (χ4v) is 2.45. The SMILES string of the molecule is Cc1ccc(N2CCCC(NC(N)=S)C2)cc1. The molecule has 1 fully saturated rings. The Morgan fingerprint density at radius 3 is 2.76 bits per heavy atom. The molecule has 0 aliphatic carbocycles. The first-order valence-corrected chi connectivity index (χ1v) is 6.43. The summed E-state index contributed by atoms with van der Waals surface area (Å²) in [5.41, 5.74) is 8.11. The molecule has 92 valence electrons. The maximum absolute atomic E-state index is 5.53. The molecule has 1 aromatic carbocycles. The third-order valence-electron chi connectivity index (χ3n) is 3.17. The predicted molar refractivity (Wildman–Crippen MR) is 76.3 cm³/mol. The molecule has 0 amide bonds. The van der Waals surface area contributed by atoms with Crippen molar-refractivity contribution >= 4 is 23.0 Å². The summed E-state index contributed by atoms with van der Waals surface area (Å²) >= 11 is 4.90. The molecule has 3 nitrogen and oxygen atoms in total. The smallest absolute Gasteiger partial charge is 0.163 e. The number of piperidine rings is 1. The Balaban J connectivity index is 2.01. The molecule has 1 unspecified atom stereocenters. The monoisotopic (exact) mass is 249 g/mol. The second-order valence-electron chi connectivity index (χ2n) is 4.63. The molecule has 0 saturated carbocycles. The van der Waals surface area contributed by atoms with E-state index in [0.717, 1.165) is 19.5 Å². The third kappa shape index (κ3) is 3.33. The Morgan fingerprint density at radius 2 is 2.12 bits per heavy atom. The quantitative estimate of drug-likeness (QED) is 0.784. The zero-order valence-corrected chi connectivity index (χ0v) is 11.0. The fraction of sp³-hybridized carbons (Fsp3) is 0.462. The molecular formula is C13H19N3S. The molecule has 1 heterocycles. The van der Waals surface area contributed by atoms with Crippen molar-refractivity contribution in [1.82, 2.24) is 5.32 Å². The lowest BCUT2D eigenvalue weighted by atomic mass is 10.0. The second kappa shape index (κ2) is 5.36. The molecule has 1 aliphatic rings. The number of thiocarbonyl (C=S) groups is 1. The number of nitrogens with two attached hydrogens (primary N) is 1. The van der Waals surface area contributed by atoms with Gasteiger partial charge in [-0.3, -0.25) is 0 Å². The van der Waals surface area contributed by atoms with Crippen LogP contribution in [0.3, 0.4) is 0 Å². The minimum atomic E-state index is 0.377. The molecule has 0 radical (unpaired) electrons. The van der Waals surface area contributed by atoms with Gasteiger partial charge in [-0.05, 0) is 44.1 Å². The largest absolute Gasteiger partial charge is 0.376 e. The average molecular weight is 249 g/mol. The number of nitrogens with zero attached hydrogens (tertiary/aromatic N) is 1. The van der Waals surface area contributed by atoms with Crippen molar-refractivity contribution in [2.24, 2.45) is 5.73 Å². The van der Waals surface area contributed by atoms with Crippen LogP contribution in [0.15, 0.2) is 24.3 Å². The van der Waals surface area contributed by atoms with Crippen molar-refractivity contribution in [3.63, 3.8) is 0 Å². The van der Waals surface area contributed by atoms with Crippen molar-refractivity contribution in [1.29, 1.82) is 0 Å². The van der Waals surface area contributed by atoms with Gasteiger partial charge in [0, 0.05) is 24.8 Å². The molecule has 17 heavy (non-hydrogen) atoms. The van der Waals surface area contributed by atoms with E-state index in [-0.39, 0.29) is 0 Å². The molecule has 1 aliphatic heterocycles. The van der Waals surface area contributed by atoms with Gasteiger partial charge >= 0.3 is 0 Å². The van der Waals surface area contributed by atoms with E-state index >= 15 is 0 Å². The number of hydrogen-bond acceptors (Lipinski definition) is 2. The first kappa shape index (κ1) is 12.2. The highest BCUT2D eigenvalue weighted by atomic mass is 32.1. The molecular weight excluding hydrogens is 230 g/mol. The molecule has 3 N–H and O–H groups in total. The molecule has 1 saturated heterocycles. The zero-order valence-electron chi connectivity index (χ0n) is 10.1. The lowest BCUT2D eigenvalue weighted by molar-refractivity contribution is 0.474. The third-order valence-corrected chi connectivity index (χ3v) is 3.28. The molecule has 0 spiro atoms. The van der Waals surface area contributed by atoms with E-state index in [9.17, 15) is 0 Å². The minimum Gasteiger partial charge on any atom is -0.376 e. The van der Waals surface area contributed by atoms with Gasteiger partial charge in [0.25, 0.3) is 0 Å². The molecule has 2 rings (SSSR count). The van der Waals surface area contributed by atoms with E-state index in [2.05, 4.69) is 41.4 Å². The van der Waals surface area contributed by atoms with E-state index in [0.29, 0.717) is 11.2 Å². The first-order chi connectivity index (χ1) is 8.15. The summed E-state index contributed by atoms with van der Waals surface area (Å²) in [7, 11) is 0. The lowest BCUT2D eigenvalue weighted by Crippen LogP contribution is -2.49. The Bertz CT molecular complexity index is 388. The van der Waals surface area contributed by atoms with Gasteiger partial charge in [0.05, 0.1) is 0 Å². The van der Waals surface area contributed by atoms with Crippen LogP contribution in [0.4, 0.5) is 5.69 Å². The lowest BCUT2D eigenvalue weighted by Gasteiger charge is -2.35. The van der Waals surface area contributed by atoms with Crippen LogP contribution in [0.2, 0.25) is 0 Å². The summed E-state index contributed by atoms with van der Waals surface area (Å²) in [6.07, 6.45) is 2.31. The Morgan fingerprint density at radius 1 is 1.41 bits per heavy atom. The fourth-order valence-electron chi connectivity index (χ4n) is 2.29. The maximum Gasteiger partial charge on any atom is 0.163 e. The maximum atomic E-state index is 5.53. The number of hydrogen-bond donors (Lipinski definition) is 2. The number of aryl methyl sites for hydroxylation is 1. The van der Waals surface area contributed by atoms with Gasteiger partial charge in [-0.1, -0.05) is 17.7 Å². The van der Waals surface area contributed by atoms with Gasteiger partial charge in [0.15, 0.2) is 5.11 Å². The van der Waals surface area contributed by atoms with Gasteiger partial charge in [0.2, 0.25) is 0 Å². The number of rotatable bonds is 2. The van der Waals surface area contributed by atoms with E-state index in [1.165, 1.54) is 17.7 Å². The van der Waals surface area contributed by atoms with E-state index in [1.807, 2.05) is 0 Å². The van der Waals surface area contributed by atoms with Gasteiger partial charge in [-0.25, -0.2) is 0 Å². The van der Waals surface area contributed by atoms with Crippen LogP contribution in [0.1, 0.15) is 18.4 Å². The van der Waals surface area contributed by atoms with E-state index in [1.54, 1.807) is 0 Å². The second-order valence-corrected chi connectivity index (χ2v) is 5.07. The molecule has 0 bridgehead atoms. The van der Waals surface area contributed by atoms with Crippen molar-refractivity contribution in [3.05, 3.63) is 29.8 Å². The normalized spacial score (nSPS) is 20.1. The number of benzene rings is 1. The summed E-state index contributed by atoms with van der Waals surface area (Å²) in [6.45, 7) is 4.19. The Hall–Kier alpha value is -1.29. The average Bonchev–Trinajstić information content (AvgIpc) is 2.29. The van der Waals surface area contributed by atoms with Gasteiger partial charge in [0.1, 0.15) is 0 Å². The minimum absolute atomic E-state index is 0.377. The summed E-state index contributed by atoms with van der Waals surface area (Å²) in [5.74, 6) is 0. The van der Waals surface area contributed by atoms with Crippen molar-refractivity contribution < 1.29 is 0 Å². The number of anilines is 1. The summed E-state index contributed by atoms with van der Waals surface area (Å²) < 4.78 is 0. The molecule has 4 heteroatoms. The van der Waals surface area contributed by atoms with Crippen LogP contribution < -0.4 is 16.0 Å². The van der Waals surface area contributed by atoms with Crippen LogP contribution in [0.5, 0.6) is 0 Å². The van der Waals surface area contributed by atoms with Crippen LogP contribution >= 0.6 is 12.2 Å². The van der Waals surface area contributed by atoms with E-state index in [4.69, 9.17) is 18.0 Å². The Kier molecular flexibility index (Phi) is 3.84. The van der Waals surface area contributed by atoms with Crippen molar-refractivity contribution in [3.8, 4) is 0 Å². The number of nitrogens with one attached hydrogen (secondary N) is 1. The molecule has 0 aromatic heterocycles. The van der Waals surface area contributed by atoms with Crippen molar-refractivity contribution in [2.75, 3.05) is 18.0 Å². The topological polar surface area (TPSA) is 41.3 Å². The molecule has 1 aromatic rings. The summed E-state index contributed by atoms with van der Waals surface area (Å²) in [4.78, 5) is 2.39. The van der Waals surface area contributed by atoms with E-state index < -0.39 is 0 Å². The highest BCUT2D eigenvalue weighted by Gasteiger charge is 2.19.